The van der Waals surface area contributed by atoms with Gasteiger partial charge < -0.3 is 19.7 Å². The first-order valence-corrected chi connectivity index (χ1v) is 8.34. The smallest absolute Gasteiger partial charge is 0.308 e. The van der Waals surface area contributed by atoms with Gasteiger partial charge in [-0.2, -0.15) is 0 Å². The molecule has 130 valence electrons. The van der Waals surface area contributed by atoms with Crippen molar-refractivity contribution in [3.63, 3.8) is 0 Å². The number of carbonyl (C=O) groups excluding carboxylic acids is 1. The number of hydrogen-bond acceptors (Lipinski definition) is 6. The summed E-state index contributed by atoms with van der Waals surface area (Å²) in [6.07, 6.45) is -0.673. The molecule has 5 nitrogen and oxygen atoms in total. The molecular formula is C17H26O5S. The predicted molar refractivity (Wildman–Crippen MR) is 90.9 cm³/mol. The zero-order valence-electron chi connectivity index (χ0n) is 13.6. The summed E-state index contributed by atoms with van der Waals surface area (Å²) in [4.78, 5) is 12.3. The van der Waals surface area contributed by atoms with Gasteiger partial charge in [0.25, 0.3) is 0 Å². The van der Waals surface area contributed by atoms with Crippen molar-refractivity contribution in [2.24, 2.45) is 5.92 Å². The van der Waals surface area contributed by atoms with Crippen LogP contribution in [0, 0.1) is 5.92 Å². The van der Waals surface area contributed by atoms with Gasteiger partial charge in [0.05, 0.1) is 31.3 Å². The molecule has 3 atom stereocenters. The summed E-state index contributed by atoms with van der Waals surface area (Å²) >= 11 is 4.29. The van der Waals surface area contributed by atoms with Gasteiger partial charge in [-0.3, -0.25) is 4.79 Å². The first kappa shape index (κ1) is 19.8. The molecule has 0 bridgehead atoms. The molecule has 0 aliphatic heterocycles. The SMILES string of the molecule is CCOC(=O)C(C)CC(O)C(O)CCCOc1ccccc1S. The van der Waals surface area contributed by atoms with Crippen molar-refractivity contribution >= 4 is 18.6 Å². The van der Waals surface area contributed by atoms with E-state index in [0.717, 1.165) is 4.90 Å². The lowest BCUT2D eigenvalue weighted by atomic mass is 9.98. The van der Waals surface area contributed by atoms with Crippen LogP contribution in [0.1, 0.15) is 33.1 Å². The van der Waals surface area contributed by atoms with Crippen molar-refractivity contribution in [1.82, 2.24) is 0 Å². The van der Waals surface area contributed by atoms with E-state index in [4.69, 9.17) is 9.47 Å². The molecule has 0 spiro atoms. The van der Waals surface area contributed by atoms with Gasteiger partial charge >= 0.3 is 5.97 Å². The lowest BCUT2D eigenvalue weighted by molar-refractivity contribution is -0.149. The summed E-state index contributed by atoms with van der Waals surface area (Å²) in [5.41, 5.74) is 0. The summed E-state index contributed by atoms with van der Waals surface area (Å²) in [5.74, 6) is -0.0961. The molecule has 0 aliphatic carbocycles. The Balaban J connectivity index is 2.26. The fourth-order valence-corrected chi connectivity index (χ4v) is 2.37. The number of benzene rings is 1. The van der Waals surface area contributed by atoms with Crippen molar-refractivity contribution in [1.29, 1.82) is 0 Å². The Hall–Kier alpha value is -1.24. The van der Waals surface area contributed by atoms with Crippen LogP contribution in [0.15, 0.2) is 29.2 Å². The Morgan fingerprint density at radius 1 is 1.26 bits per heavy atom. The molecule has 0 fully saturated rings. The molecule has 0 saturated carbocycles. The molecule has 1 aromatic rings. The second kappa shape index (κ2) is 10.5. The van der Waals surface area contributed by atoms with Gasteiger partial charge in [-0.05, 0) is 38.3 Å². The Labute approximate surface area is 143 Å². The Morgan fingerprint density at radius 3 is 2.61 bits per heavy atom. The van der Waals surface area contributed by atoms with Crippen LogP contribution in [-0.2, 0) is 9.53 Å². The molecule has 0 radical (unpaired) electrons. The van der Waals surface area contributed by atoms with Gasteiger partial charge in [-0.1, -0.05) is 19.1 Å². The topological polar surface area (TPSA) is 76.0 Å². The standard InChI is InChI=1S/C17H26O5S/c1-3-21-17(20)12(2)11-14(19)13(18)7-6-10-22-15-8-4-5-9-16(15)23/h4-5,8-9,12-14,18-19,23H,3,6-7,10-11H2,1-2H3. The maximum atomic E-state index is 11.5. The van der Waals surface area contributed by atoms with Crippen molar-refractivity contribution in [2.45, 2.75) is 50.2 Å². The minimum absolute atomic E-state index is 0.181. The maximum absolute atomic E-state index is 11.5. The minimum Gasteiger partial charge on any atom is -0.492 e. The van der Waals surface area contributed by atoms with Crippen LogP contribution in [0.5, 0.6) is 5.75 Å². The highest BCUT2D eigenvalue weighted by molar-refractivity contribution is 7.80. The number of carbonyl (C=O) groups is 1. The van der Waals surface area contributed by atoms with Crippen LogP contribution < -0.4 is 4.74 Å². The lowest BCUT2D eigenvalue weighted by Crippen LogP contribution is -2.30. The average molecular weight is 342 g/mol. The summed E-state index contributed by atoms with van der Waals surface area (Å²) in [7, 11) is 0. The number of hydrogen-bond donors (Lipinski definition) is 3. The molecule has 1 rings (SSSR count). The summed E-state index contributed by atoms with van der Waals surface area (Å²) in [5, 5.41) is 19.9. The third-order valence-electron chi connectivity index (χ3n) is 3.50. The number of para-hydroxylation sites is 1. The van der Waals surface area contributed by atoms with E-state index in [0.29, 0.717) is 31.8 Å². The van der Waals surface area contributed by atoms with E-state index in [1.54, 1.807) is 13.8 Å². The van der Waals surface area contributed by atoms with E-state index in [1.807, 2.05) is 24.3 Å². The van der Waals surface area contributed by atoms with Crippen LogP contribution in [0.25, 0.3) is 0 Å². The van der Waals surface area contributed by atoms with E-state index >= 15 is 0 Å². The molecule has 3 unspecified atom stereocenters. The predicted octanol–water partition coefficient (Wildman–Crippen LogP) is 2.45. The van der Waals surface area contributed by atoms with Gasteiger partial charge in [-0.15, -0.1) is 12.6 Å². The molecule has 0 aliphatic rings. The van der Waals surface area contributed by atoms with Gasteiger partial charge in [0.1, 0.15) is 5.75 Å². The Bertz CT molecular complexity index is 480. The van der Waals surface area contributed by atoms with Crippen molar-refractivity contribution in [3.05, 3.63) is 24.3 Å². The number of esters is 1. The van der Waals surface area contributed by atoms with E-state index in [1.165, 1.54) is 0 Å². The lowest BCUT2D eigenvalue weighted by Gasteiger charge is -2.20. The number of rotatable bonds is 10. The van der Waals surface area contributed by atoms with E-state index in [-0.39, 0.29) is 12.4 Å². The molecule has 0 heterocycles. The molecule has 23 heavy (non-hydrogen) atoms. The molecule has 1 aromatic carbocycles. The second-order valence-electron chi connectivity index (χ2n) is 5.48. The van der Waals surface area contributed by atoms with Gasteiger partial charge in [0.15, 0.2) is 0 Å². The van der Waals surface area contributed by atoms with Crippen LogP contribution in [0.2, 0.25) is 0 Å². The quantitative estimate of drug-likeness (QED) is 0.346. The fourth-order valence-electron chi connectivity index (χ4n) is 2.15. The summed E-state index contributed by atoms with van der Waals surface area (Å²) in [6, 6.07) is 7.41. The van der Waals surface area contributed by atoms with Crippen LogP contribution >= 0.6 is 12.6 Å². The Kier molecular flexibility index (Phi) is 9.06. The first-order valence-electron chi connectivity index (χ1n) is 7.89. The number of aliphatic hydroxyl groups excluding tert-OH is 2. The second-order valence-corrected chi connectivity index (χ2v) is 5.96. The Morgan fingerprint density at radius 2 is 1.96 bits per heavy atom. The van der Waals surface area contributed by atoms with E-state index < -0.39 is 18.1 Å². The fraction of sp³-hybridized carbons (Fsp3) is 0.588. The zero-order valence-corrected chi connectivity index (χ0v) is 14.5. The largest absolute Gasteiger partial charge is 0.492 e. The van der Waals surface area contributed by atoms with Crippen molar-refractivity contribution < 1.29 is 24.5 Å². The highest BCUT2D eigenvalue weighted by Gasteiger charge is 2.23. The minimum atomic E-state index is -0.952. The maximum Gasteiger partial charge on any atom is 0.308 e. The van der Waals surface area contributed by atoms with Crippen LogP contribution in [0.4, 0.5) is 0 Å². The highest BCUT2D eigenvalue weighted by Crippen LogP contribution is 2.21. The van der Waals surface area contributed by atoms with Gasteiger partial charge in [0.2, 0.25) is 0 Å². The zero-order chi connectivity index (χ0) is 17.2. The number of aliphatic hydroxyl groups is 2. The van der Waals surface area contributed by atoms with Crippen LogP contribution in [-0.4, -0.2) is 41.6 Å². The van der Waals surface area contributed by atoms with Gasteiger partial charge in [0, 0.05) is 4.90 Å². The average Bonchev–Trinajstić information content (AvgIpc) is 2.52. The van der Waals surface area contributed by atoms with Gasteiger partial charge in [-0.25, -0.2) is 0 Å². The highest BCUT2D eigenvalue weighted by atomic mass is 32.1. The van der Waals surface area contributed by atoms with E-state index in [9.17, 15) is 15.0 Å². The molecule has 0 amide bonds. The third-order valence-corrected chi connectivity index (χ3v) is 3.86. The molecule has 0 aromatic heterocycles. The van der Waals surface area contributed by atoms with Crippen molar-refractivity contribution in [3.8, 4) is 5.75 Å². The monoisotopic (exact) mass is 342 g/mol. The summed E-state index contributed by atoms with van der Waals surface area (Å²) in [6.45, 7) is 4.15. The normalized spacial score (nSPS) is 14.8. The molecule has 0 saturated heterocycles. The third kappa shape index (κ3) is 7.24. The molecule has 2 N–H and O–H groups in total. The number of ether oxygens (including phenoxy) is 2. The molecule has 6 heteroatoms. The first-order chi connectivity index (χ1) is 11.0. The van der Waals surface area contributed by atoms with Crippen LogP contribution in [0.3, 0.4) is 0 Å². The summed E-state index contributed by atoms with van der Waals surface area (Å²) < 4.78 is 10.5. The van der Waals surface area contributed by atoms with E-state index in [2.05, 4.69) is 12.6 Å². The molecular weight excluding hydrogens is 316 g/mol. The number of thiol groups is 1. The van der Waals surface area contributed by atoms with Crippen molar-refractivity contribution in [2.75, 3.05) is 13.2 Å².